The van der Waals surface area contributed by atoms with Crippen LogP contribution in [0.5, 0.6) is 0 Å². The molecule has 104 valence electrons. The summed E-state index contributed by atoms with van der Waals surface area (Å²) in [5.41, 5.74) is 0. The van der Waals surface area contributed by atoms with E-state index in [4.69, 9.17) is 5.11 Å². The summed E-state index contributed by atoms with van der Waals surface area (Å²) in [4.78, 5) is 13.5. The summed E-state index contributed by atoms with van der Waals surface area (Å²) >= 11 is 0. The van der Waals surface area contributed by atoms with Crippen LogP contribution in [-0.4, -0.2) is 50.4 Å². The molecule has 0 bridgehead atoms. The number of aliphatic carboxylic acids is 1. The molecule has 1 fully saturated rings. The summed E-state index contributed by atoms with van der Waals surface area (Å²) in [5, 5.41) is 17.5. The fraction of sp³-hybridized carbons (Fsp3) is 0.769. The fourth-order valence-electron chi connectivity index (χ4n) is 3.05. The number of likely N-dealkylation sites (tertiary alicyclic amines) is 1. The van der Waals surface area contributed by atoms with Crippen LogP contribution in [0.2, 0.25) is 0 Å². The Bertz CT molecular complexity index is 465. The van der Waals surface area contributed by atoms with Crippen LogP contribution in [0.25, 0.3) is 0 Å². The number of fused-ring (bicyclic) bond motifs is 1. The van der Waals surface area contributed by atoms with E-state index in [0.717, 1.165) is 31.2 Å². The van der Waals surface area contributed by atoms with E-state index in [9.17, 15) is 4.79 Å². The Kier molecular flexibility index (Phi) is 3.50. The molecule has 3 rings (SSSR count). The van der Waals surface area contributed by atoms with Crippen LogP contribution in [0.3, 0.4) is 0 Å². The van der Waals surface area contributed by atoms with Gasteiger partial charge in [0.1, 0.15) is 11.6 Å². The molecule has 0 amide bonds. The molecule has 1 unspecified atom stereocenters. The van der Waals surface area contributed by atoms with E-state index in [1.807, 2.05) is 0 Å². The molecule has 0 radical (unpaired) electrons. The lowest BCUT2D eigenvalue weighted by molar-refractivity contribution is -0.142. The van der Waals surface area contributed by atoms with Gasteiger partial charge in [0.25, 0.3) is 0 Å². The molecule has 1 aromatic rings. The molecule has 1 aromatic heterocycles. The Morgan fingerprint density at radius 3 is 2.79 bits per heavy atom. The summed E-state index contributed by atoms with van der Waals surface area (Å²) in [5.74, 6) is 0.858. The molecule has 3 heterocycles. The summed E-state index contributed by atoms with van der Waals surface area (Å²) in [6.45, 7) is 4.18. The monoisotopic (exact) mass is 264 g/mol. The van der Waals surface area contributed by atoms with E-state index < -0.39 is 5.97 Å². The summed E-state index contributed by atoms with van der Waals surface area (Å²) in [7, 11) is 0. The molecule has 0 spiro atoms. The number of hydrogen-bond acceptors (Lipinski definition) is 4. The highest BCUT2D eigenvalue weighted by Gasteiger charge is 2.27. The van der Waals surface area contributed by atoms with Gasteiger partial charge < -0.3 is 14.6 Å². The van der Waals surface area contributed by atoms with Crippen LogP contribution in [0.15, 0.2) is 0 Å². The number of nitrogens with zero attached hydrogens (tertiary/aromatic N) is 4. The second kappa shape index (κ2) is 5.28. The summed E-state index contributed by atoms with van der Waals surface area (Å²) in [6, 6.07) is 0. The highest BCUT2D eigenvalue weighted by atomic mass is 16.4. The molecular formula is C13H20N4O2. The molecular weight excluding hydrogens is 244 g/mol. The zero-order valence-electron chi connectivity index (χ0n) is 11.1. The Morgan fingerprint density at radius 1 is 1.26 bits per heavy atom. The minimum absolute atomic E-state index is 0.289. The molecule has 6 nitrogen and oxygen atoms in total. The lowest BCUT2D eigenvalue weighted by atomic mass is 9.98. The maximum absolute atomic E-state index is 11.0. The van der Waals surface area contributed by atoms with Crippen LogP contribution < -0.4 is 0 Å². The normalized spacial score (nSPS) is 23.5. The minimum atomic E-state index is -0.715. The molecule has 2 aliphatic rings. The highest BCUT2D eigenvalue weighted by molar-refractivity contribution is 5.70. The molecule has 2 aliphatic heterocycles. The van der Waals surface area contributed by atoms with Crippen LogP contribution in [0, 0.1) is 5.92 Å². The second-order valence-electron chi connectivity index (χ2n) is 5.51. The van der Waals surface area contributed by atoms with E-state index in [1.165, 1.54) is 25.9 Å². The lowest BCUT2D eigenvalue weighted by Crippen LogP contribution is -2.28. The predicted molar refractivity (Wildman–Crippen MR) is 68.8 cm³/mol. The molecule has 0 aliphatic carbocycles. The lowest BCUT2D eigenvalue weighted by Gasteiger charge is -2.21. The molecule has 19 heavy (non-hydrogen) atoms. The SMILES string of the molecule is O=C(O)C1CCn2c(CCN3CCCC3)nnc2C1. The van der Waals surface area contributed by atoms with Gasteiger partial charge in [0, 0.05) is 25.9 Å². The van der Waals surface area contributed by atoms with Gasteiger partial charge >= 0.3 is 5.97 Å². The third-order valence-electron chi connectivity index (χ3n) is 4.23. The molecule has 0 aromatic carbocycles. The highest BCUT2D eigenvalue weighted by Crippen LogP contribution is 2.21. The van der Waals surface area contributed by atoms with E-state index >= 15 is 0 Å². The van der Waals surface area contributed by atoms with Crippen molar-refractivity contribution in [2.75, 3.05) is 19.6 Å². The van der Waals surface area contributed by atoms with Crippen molar-refractivity contribution in [2.45, 2.75) is 38.6 Å². The molecule has 1 saturated heterocycles. The van der Waals surface area contributed by atoms with Crippen molar-refractivity contribution in [3.63, 3.8) is 0 Å². The number of rotatable bonds is 4. The van der Waals surface area contributed by atoms with Gasteiger partial charge in [-0.05, 0) is 32.4 Å². The molecule has 6 heteroatoms. The number of carboxylic acid groups (broad SMARTS) is 1. The Balaban J connectivity index is 1.63. The van der Waals surface area contributed by atoms with Crippen molar-refractivity contribution in [1.29, 1.82) is 0 Å². The minimum Gasteiger partial charge on any atom is -0.481 e. The molecule has 1 N–H and O–H groups in total. The average Bonchev–Trinajstić information content (AvgIpc) is 3.05. The van der Waals surface area contributed by atoms with Crippen LogP contribution >= 0.6 is 0 Å². The summed E-state index contributed by atoms with van der Waals surface area (Å²) < 4.78 is 2.12. The first-order chi connectivity index (χ1) is 9.24. The first kappa shape index (κ1) is 12.6. The van der Waals surface area contributed by atoms with Crippen molar-refractivity contribution in [1.82, 2.24) is 19.7 Å². The Labute approximate surface area is 112 Å². The van der Waals surface area contributed by atoms with E-state index in [2.05, 4.69) is 19.7 Å². The van der Waals surface area contributed by atoms with Crippen molar-refractivity contribution in [3.05, 3.63) is 11.6 Å². The Morgan fingerprint density at radius 2 is 2.05 bits per heavy atom. The largest absolute Gasteiger partial charge is 0.481 e. The molecule has 1 atom stereocenters. The van der Waals surface area contributed by atoms with Crippen LogP contribution in [0.4, 0.5) is 0 Å². The second-order valence-corrected chi connectivity index (χ2v) is 5.51. The topological polar surface area (TPSA) is 71.2 Å². The van der Waals surface area contributed by atoms with Gasteiger partial charge in [-0.3, -0.25) is 4.79 Å². The van der Waals surface area contributed by atoms with E-state index in [1.54, 1.807) is 0 Å². The van der Waals surface area contributed by atoms with Crippen LogP contribution in [0.1, 0.15) is 30.9 Å². The van der Waals surface area contributed by atoms with Crippen molar-refractivity contribution in [3.8, 4) is 0 Å². The smallest absolute Gasteiger partial charge is 0.307 e. The number of carbonyl (C=O) groups is 1. The van der Waals surface area contributed by atoms with E-state index in [-0.39, 0.29) is 5.92 Å². The Hall–Kier alpha value is -1.43. The number of hydrogen-bond donors (Lipinski definition) is 1. The fourth-order valence-corrected chi connectivity index (χ4v) is 3.05. The van der Waals surface area contributed by atoms with Gasteiger partial charge in [0.15, 0.2) is 0 Å². The third-order valence-corrected chi connectivity index (χ3v) is 4.23. The van der Waals surface area contributed by atoms with Gasteiger partial charge in [0.2, 0.25) is 0 Å². The van der Waals surface area contributed by atoms with Gasteiger partial charge in [-0.15, -0.1) is 10.2 Å². The quantitative estimate of drug-likeness (QED) is 0.860. The number of aromatic nitrogens is 3. The van der Waals surface area contributed by atoms with Crippen molar-refractivity contribution < 1.29 is 9.90 Å². The first-order valence-corrected chi connectivity index (χ1v) is 7.10. The van der Waals surface area contributed by atoms with Crippen molar-refractivity contribution in [2.24, 2.45) is 5.92 Å². The standard InChI is InChI=1S/C13H20N4O2/c18-13(19)10-3-8-17-11(14-15-12(17)9-10)4-7-16-5-1-2-6-16/h10H,1-9H2,(H,18,19). The first-order valence-electron chi connectivity index (χ1n) is 7.10. The summed E-state index contributed by atoms with van der Waals surface area (Å²) in [6.07, 6.45) is 4.74. The van der Waals surface area contributed by atoms with E-state index in [0.29, 0.717) is 12.8 Å². The van der Waals surface area contributed by atoms with Gasteiger partial charge in [-0.2, -0.15) is 0 Å². The van der Waals surface area contributed by atoms with Gasteiger partial charge in [-0.1, -0.05) is 0 Å². The average molecular weight is 264 g/mol. The zero-order valence-corrected chi connectivity index (χ0v) is 11.1. The van der Waals surface area contributed by atoms with Crippen LogP contribution in [-0.2, 0) is 24.2 Å². The maximum atomic E-state index is 11.0. The van der Waals surface area contributed by atoms with Gasteiger partial charge in [0.05, 0.1) is 5.92 Å². The zero-order chi connectivity index (χ0) is 13.2. The van der Waals surface area contributed by atoms with Gasteiger partial charge in [-0.25, -0.2) is 0 Å². The number of carboxylic acids is 1. The maximum Gasteiger partial charge on any atom is 0.307 e. The third kappa shape index (κ3) is 2.63. The predicted octanol–water partition coefficient (Wildman–Crippen LogP) is 0.563. The van der Waals surface area contributed by atoms with Crippen molar-refractivity contribution >= 4 is 5.97 Å². The molecule has 0 saturated carbocycles.